The van der Waals surface area contributed by atoms with E-state index in [4.69, 9.17) is 0 Å². The van der Waals surface area contributed by atoms with Crippen molar-refractivity contribution in [2.45, 2.75) is 33.7 Å². The molecule has 1 aromatic carbocycles. The summed E-state index contributed by atoms with van der Waals surface area (Å²) < 4.78 is 0. The number of carbonyl (C=O) groups excluding carboxylic acids is 1. The van der Waals surface area contributed by atoms with E-state index in [1.165, 1.54) is 5.56 Å². The maximum absolute atomic E-state index is 12.3. The summed E-state index contributed by atoms with van der Waals surface area (Å²) in [6.45, 7) is 7.82. The second-order valence-corrected chi connectivity index (χ2v) is 6.51. The molecule has 0 aliphatic carbocycles. The summed E-state index contributed by atoms with van der Waals surface area (Å²) in [5.74, 6) is -0.107. The fraction of sp³-hybridized carbons (Fsp3) is 0.588. The summed E-state index contributed by atoms with van der Waals surface area (Å²) in [4.78, 5) is 14.2. The Balaban J connectivity index is 2.69. The summed E-state index contributed by atoms with van der Waals surface area (Å²) in [5.41, 5.74) is 2.47. The lowest BCUT2D eigenvalue weighted by atomic mass is 9.92. The van der Waals surface area contributed by atoms with Crippen LogP contribution < -0.4 is 5.32 Å². The fourth-order valence-electron chi connectivity index (χ4n) is 2.16. The van der Waals surface area contributed by atoms with E-state index in [0.29, 0.717) is 6.54 Å². The van der Waals surface area contributed by atoms with Gasteiger partial charge in [0.25, 0.3) is 0 Å². The van der Waals surface area contributed by atoms with Crippen molar-refractivity contribution in [3.05, 3.63) is 29.3 Å². The van der Waals surface area contributed by atoms with Crippen LogP contribution in [0.2, 0.25) is 0 Å². The molecule has 22 heavy (non-hydrogen) atoms. The van der Waals surface area contributed by atoms with Gasteiger partial charge in [0, 0.05) is 17.6 Å². The van der Waals surface area contributed by atoms with Gasteiger partial charge in [0.15, 0.2) is 0 Å². The smallest absolute Gasteiger partial charge is 0.241 e. The minimum atomic E-state index is -0.621. The van der Waals surface area contributed by atoms with Crippen LogP contribution in [0.25, 0.3) is 0 Å². The number of carbonyl (C=O) groups is 1. The number of likely N-dealkylation sites (N-methyl/N-ethyl adjacent to an activating group) is 1. The Morgan fingerprint density at radius 3 is 2.36 bits per heavy atom. The Bertz CT molecular complexity index is 513. The van der Waals surface area contributed by atoms with Crippen molar-refractivity contribution < 1.29 is 15.0 Å². The van der Waals surface area contributed by atoms with Gasteiger partial charge in [0.05, 0.1) is 19.3 Å². The van der Waals surface area contributed by atoms with Gasteiger partial charge in [-0.05, 0) is 51.1 Å². The normalized spacial score (nSPS) is 13.3. The van der Waals surface area contributed by atoms with Crippen molar-refractivity contribution in [1.82, 2.24) is 4.90 Å². The lowest BCUT2D eigenvalue weighted by Crippen LogP contribution is -2.46. The number of aryl methyl sites for hydroxylation is 2. The summed E-state index contributed by atoms with van der Waals surface area (Å²) in [6.07, 6.45) is 0. The molecule has 5 heteroatoms. The van der Waals surface area contributed by atoms with Crippen molar-refractivity contribution >= 4 is 11.6 Å². The van der Waals surface area contributed by atoms with Gasteiger partial charge < -0.3 is 15.5 Å². The molecule has 0 fully saturated rings. The van der Waals surface area contributed by atoms with Crippen LogP contribution in [0.1, 0.15) is 25.0 Å². The molecule has 0 bridgehead atoms. The van der Waals surface area contributed by atoms with Crippen LogP contribution >= 0.6 is 0 Å². The molecule has 0 aliphatic rings. The molecule has 0 aromatic heterocycles. The number of nitrogens with zero attached hydrogens (tertiary/aromatic N) is 1. The van der Waals surface area contributed by atoms with E-state index >= 15 is 0 Å². The summed E-state index contributed by atoms with van der Waals surface area (Å²) in [6, 6.07) is 5.46. The van der Waals surface area contributed by atoms with Gasteiger partial charge in [-0.2, -0.15) is 0 Å². The molecule has 1 aromatic rings. The Kier molecular flexibility index (Phi) is 6.53. The van der Waals surface area contributed by atoms with Gasteiger partial charge >= 0.3 is 0 Å². The number of amides is 1. The Labute approximate surface area is 133 Å². The van der Waals surface area contributed by atoms with Gasteiger partial charge in [-0.3, -0.25) is 9.69 Å². The van der Waals surface area contributed by atoms with Crippen molar-refractivity contribution in [2.75, 3.05) is 32.1 Å². The summed E-state index contributed by atoms with van der Waals surface area (Å²) >= 11 is 0. The third-order valence-corrected chi connectivity index (χ3v) is 4.21. The number of hydrogen-bond donors (Lipinski definition) is 3. The lowest BCUT2D eigenvalue weighted by molar-refractivity contribution is -0.121. The molecule has 3 N–H and O–H groups in total. The number of aliphatic hydroxyl groups is 2. The van der Waals surface area contributed by atoms with E-state index < -0.39 is 5.41 Å². The van der Waals surface area contributed by atoms with Crippen LogP contribution in [-0.2, 0) is 4.79 Å². The van der Waals surface area contributed by atoms with Crippen molar-refractivity contribution in [2.24, 2.45) is 5.41 Å². The fourth-order valence-corrected chi connectivity index (χ4v) is 2.16. The van der Waals surface area contributed by atoms with E-state index in [1.54, 1.807) is 6.92 Å². The Morgan fingerprint density at radius 2 is 1.86 bits per heavy atom. The molecule has 5 nitrogen and oxygen atoms in total. The molecule has 0 radical (unpaired) electrons. The van der Waals surface area contributed by atoms with Crippen molar-refractivity contribution in [3.8, 4) is 0 Å². The van der Waals surface area contributed by atoms with Crippen LogP contribution in [0, 0.1) is 19.3 Å². The zero-order valence-corrected chi connectivity index (χ0v) is 14.2. The molecule has 1 unspecified atom stereocenters. The molecule has 124 valence electrons. The van der Waals surface area contributed by atoms with E-state index in [1.807, 2.05) is 50.9 Å². The Hall–Kier alpha value is -1.43. The van der Waals surface area contributed by atoms with Gasteiger partial charge in [0.1, 0.15) is 0 Å². The second-order valence-electron chi connectivity index (χ2n) is 6.51. The van der Waals surface area contributed by atoms with Crippen LogP contribution in [0.15, 0.2) is 18.2 Å². The van der Waals surface area contributed by atoms with Crippen molar-refractivity contribution in [3.63, 3.8) is 0 Å². The number of nitrogens with one attached hydrogen (secondary N) is 1. The second kappa shape index (κ2) is 7.72. The first-order chi connectivity index (χ1) is 10.2. The zero-order chi connectivity index (χ0) is 16.9. The molecule has 0 spiro atoms. The molecule has 0 aliphatic heterocycles. The summed E-state index contributed by atoms with van der Waals surface area (Å²) in [5, 5.41) is 21.6. The predicted molar refractivity (Wildman–Crippen MR) is 88.9 cm³/mol. The molecule has 0 saturated heterocycles. The first kappa shape index (κ1) is 18.6. The maximum atomic E-state index is 12.3. The van der Waals surface area contributed by atoms with Crippen LogP contribution in [0.3, 0.4) is 0 Å². The van der Waals surface area contributed by atoms with Gasteiger partial charge in [-0.1, -0.05) is 13.0 Å². The topological polar surface area (TPSA) is 72.8 Å². The molecular formula is C17H28N2O3. The van der Waals surface area contributed by atoms with Gasteiger partial charge in [0.2, 0.25) is 5.91 Å². The highest BCUT2D eigenvalue weighted by Gasteiger charge is 2.28. The SMILES string of the molecule is Cc1ccc(NC(=O)C(C)N(C)CC(C)(CO)CO)cc1C. The minimum Gasteiger partial charge on any atom is -0.396 e. The van der Waals surface area contributed by atoms with Crippen LogP contribution in [-0.4, -0.2) is 53.9 Å². The third kappa shape index (κ3) is 4.80. The van der Waals surface area contributed by atoms with E-state index in [9.17, 15) is 15.0 Å². The van der Waals surface area contributed by atoms with Crippen LogP contribution in [0.5, 0.6) is 0 Å². The van der Waals surface area contributed by atoms with E-state index in [-0.39, 0.29) is 25.2 Å². The van der Waals surface area contributed by atoms with Gasteiger partial charge in [-0.15, -0.1) is 0 Å². The predicted octanol–water partition coefficient (Wildman–Crippen LogP) is 1.55. The largest absolute Gasteiger partial charge is 0.396 e. The highest BCUT2D eigenvalue weighted by Crippen LogP contribution is 2.18. The first-order valence-corrected chi connectivity index (χ1v) is 7.52. The molecule has 1 amide bonds. The quantitative estimate of drug-likeness (QED) is 0.715. The average molecular weight is 308 g/mol. The molecule has 1 atom stereocenters. The zero-order valence-electron chi connectivity index (χ0n) is 14.2. The Morgan fingerprint density at radius 1 is 1.27 bits per heavy atom. The first-order valence-electron chi connectivity index (χ1n) is 7.52. The molecular weight excluding hydrogens is 280 g/mol. The number of anilines is 1. The number of benzene rings is 1. The van der Waals surface area contributed by atoms with Gasteiger partial charge in [-0.25, -0.2) is 0 Å². The number of aliphatic hydroxyl groups excluding tert-OH is 2. The molecule has 0 heterocycles. The van der Waals surface area contributed by atoms with E-state index in [2.05, 4.69) is 5.32 Å². The molecule has 0 saturated carbocycles. The standard InChI is InChI=1S/C17H28N2O3/c1-12-6-7-15(8-13(12)2)18-16(22)14(3)19(5)9-17(4,10-20)11-21/h6-8,14,20-21H,9-11H2,1-5H3,(H,18,22). The molecule has 1 rings (SSSR count). The highest BCUT2D eigenvalue weighted by atomic mass is 16.3. The van der Waals surface area contributed by atoms with Crippen molar-refractivity contribution in [1.29, 1.82) is 0 Å². The van der Waals surface area contributed by atoms with E-state index in [0.717, 1.165) is 11.3 Å². The third-order valence-electron chi connectivity index (χ3n) is 4.21. The monoisotopic (exact) mass is 308 g/mol. The maximum Gasteiger partial charge on any atom is 0.241 e. The minimum absolute atomic E-state index is 0.107. The summed E-state index contributed by atoms with van der Waals surface area (Å²) in [7, 11) is 1.81. The van der Waals surface area contributed by atoms with Crippen LogP contribution in [0.4, 0.5) is 5.69 Å². The number of hydrogen-bond acceptors (Lipinski definition) is 4. The lowest BCUT2D eigenvalue weighted by Gasteiger charge is -2.33. The average Bonchev–Trinajstić information content (AvgIpc) is 2.49. The highest BCUT2D eigenvalue weighted by molar-refractivity contribution is 5.94. The number of rotatable bonds is 7.